The summed E-state index contributed by atoms with van der Waals surface area (Å²) < 4.78 is 0. The van der Waals surface area contributed by atoms with Crippen molar-refractivity contribution < 1.29 is 9.59 Å². The third-order valence-corrected chi connectivity index (χ3v) is 5.13. The van der Waals surface area contributed by atoms with Crippen molar-refractivity contribution in [3.8, 4) is 0 Å². The first-order valence-electron chi connectivity index (χ1n) is 10.2. The fourth-order valence-electron chi connectivity index (χ4n) is 2.84. The van der Waals surface area contributed by atoms with Crippen LogP contribution in [0.1, 0.15) is 55.7 Å². The van der Waals surface area contributed by atoms with E-state index in [-0.39, 0.29) is 11.9 Å². The number of hydrogen-bond acceptors (Lipinski definition) is 4. The van der Waals surface area contributed by atoms with Crippen molar-refractivity contribution in [3.05, 3.63) is 45.9 Å². The lowest BCUT2D eigenvalue weighted by Crippen LogP contribution is -2.37. The van der Waals surface area contributed by atoms with E-state index in [2.05, 4.69) is 36.4 Å². The monoisotopic (exact) mass is 416 g/mol. The minimum Gasteiger partial charge on any atom is -0.350 e. The molecule has 0 unspecified atom stereocenters. The van der Waals surface area contributed by atoms with Crippen molar-refractivity contribution in [3.63, 3.8) is 0 Å². The molecule has 7 heteroatoms. The molecule has 1 heterocycles. The van der Waals surface area contributed by atoms with E-state index in [0.29, 0.717) is 37.2 Å². The Morgan fingerprint density at radius 2 is 1.86 bits per heavy atom. The van der Waals surface area contributed by atoms with Gasteiger partial charge in [-0.3, -0.25) is 4.79 Å². The first-order chi connectivity index (χ1) is 13.8. The van der Waals surface area contributed by atoms with Gasteiger partial charge in [0.25, 0.3) is 5.91 Å². The van der Waals surface area contributed by atoms with Crippen molar-refractivity contribution in [1.29, 1.82) is 0 Å². The summed E-state index contributed by atoms with van der Waals surface area (Å²) in [6.45, 7) is 11.9. The average molecular weight is 417 g/mol. The summed E-state index contributed by atoms with van der Waals surface area (Å²) in [6.07, 6.45) is 0.849. The highest BCUT2D eigenvalue weighted by Gasteiger charge is 2.19. The van der Waals surface area contributed by atoms with Crippen molar-refractivity contribution in [1.82, 2.24) is 15.2 Å². The van der Waals surface area contributed by atoms with Gasteiger partial charge < -0.3 is 15.5 Å². The average Bonchev–Trinajstić information content (AvgIpc) is 3.14. The Bertz CT molecular complexity index is 817. The van der Waals surface area contributed by atoms with E-state index in [1.807, 2.05) is 38.1 Å². The van der Waals surface area contributed by atoms with Gasteiger partial charge in [0, 0.05) is 24.2 Å². The van der Waals surface area contributed by atoms with Gasteiger partial charge in [0.1, 0.15) is 10.7 Å². The molecule has 0 bridgehead atoms. The van der Waals surface area contributed by atoms with Crippen LogP contribution < -0.4 is 10.6 Å². The summed E-state index contributed by atoms with van der Waals surface area (Å²) in [4.78, 5) is 31.4. The van der Waals surface area contributed by atoms with Crippen LogP contribution in [-0.4, -0.2) is 34.9 Å². The Labute approximate surface area is 177 Å². The molecule has 0 fully saturated rings. The molecule has 29 heavy (non-hydrogen) atoms. The highest BCUT2D eigenvalue weighted by Crippen LogP contribution is 2.18. The molecule has 1 aromatic heterocycles. The molecule has 3 amide bonds. The predicted molar refractivity (Wildman–Crippen MR) is 119 cm³/mol. The third-order valence-electron chi connectivity index (χ3n) is 4.29. The number of rotatable bonds is 9. The molecule has 0 saturated heterocycles. The van der Waals surface area contributed by atoms with E-state index in [4.69, 9.17) is 0 Å². The SMILES string of the molecule is CCc1ccccc1NC(=O)N(Cc1nc(C(=O)NCC(C)C)cs1)CC(C)C. The van der Waals surface area contributed by atoms with Crippen molar-refractivity contribution in [2.45, 2.75) is 47.6 Å². The Hall–Kier alpha value is -2.41. The van der Waals surface area contributed by atoms with E-state index in [1.54, 1.807) is 10.3 Å². The molecule has 158 valence electrons. The maximum Gasteiger partial charge on any atom is 0.322 e. The van der Waals surface area contributed by atoms with Gasteiger partial charge in [0.05, 0.1) is 6.54 Å². The molecule has 1 aromatic carbocycles. The first-order valence-corrected chi connectivity index (χ1v) is 11.0. The lowest BCUT2D eigenvalue weighted by Gasteiger charge is -2.24. The molecule has 0 aliphatic carbocycles. The van der Waals surface area contributed by atoms with Crippen LogP contribution in [0.15, 0.2) is 29.6 Å². The van der Waals surface area contributed by atoms with Gasteiger partial charge in [0.15, 0.2) is 0 Å². The maximum atomic E-state index is 13.0. The lowest BCUT2D eigenvalue weighted by atomic mass is 10.1. The summed E-state index contributed by atoms with van der Waals surface area (Å²) in [5.74, 6) is 0.530. The smallest absolute Gasteiger partial charge is 0.322 e. The lowest BCUT2D eigenvalue weighted by molar-refractivity contribution is 0.0944. The molecule has 0 aliphatic rings. The largest absolute Gasteiger partial charge is 0.350 e. The second kappa shape index (κ2) is 11.0. The topological polar surface area (TPSA) is 74.3 Å². The summed E-state index contributed by atoms with van der Waals surface area (Å²) in [5.41, 5.74) is 2.34. The summed E-state index contributed by atoms with van der Waals surface area (Å²) in [7, 11) is 0. The number of hydrogen-bond donors (Lipinski definition) is 2. The van der Waals surface area contributed by atoms with Gasteiger partial charge in [-0.1, -0.05) is 52.8 Å². The molecule has 2 N–H and O–H groups in total. The number of amides is 3. The van der Waals surface area contributed by atoms with Crippen molar-refractivity contribution >= 4 is 29.0 Å². The van der Waals surface area contributed by atoms with Crippen LogP contribution >= 0.6 is 11.3 Å². The van der Waals surface area contributed by atoms with E-state index in [1.165, 1.54) is 11.3 Å². The first kappa shape index (κ1) is 22.9. The van der Waals surface area contributed by atoms with Crippen LogP contribution in [0, 0.1) is 11.8 Å². The second-order valence-electron chi connectivity index (χ2n) is 7.95. The Morgan fingerprint density at radius 1 is 1.14 bits per heavy atom. The van der Waals surface area contributed by atoms with E-state index >= 15 is 0 Å². The summed E-state index contributed by atoms with van der Waals surface area (Å²) >= 11 is 1.41. The molecular formula is C22H32N4O2S. The number of thiazole rings is 1. The zero-order valence-electron chi connectivity index (χ0n) is 18.0. The van der Waals surface area contributed by atoms with Crippen LogP contribution in [0.4, 0.5) is 10.5 Å². The van der Waals surface area contributed by atoms with Crippen LogP contribution in [0.3, 0.4) is 0 Å². The normalized spacial score (nSPS) is 11.0. The molecule has 0 saturated carbocycles. The molecular weight excluding hydrogens is 384 g/mol. The Morgan fingerprint density at radius 3 is 2.52 bits per heavy atom. The van der Waals surface area contributed by atoms with Gasteiger partial charge >= 0.3 is 6.03 Å². The Balaban J connectivity index is 2.08. The number of carbonyl (C=O) groups excluding carboxylic acids is 2. The molecule has 0 aliphatic heterocycles. The zero-order chi connectivity index (χ0) is 21.4. The van der Waals surface area contributed by atoms with E-state index in [9.17, 15) is 9.59 Å². The van der Waals surface area contributed by atoms with Crippen molar-refractivity contribution in [2.75, 3.05) is 18.4 Å². The van der Waals surface area contributed by atoms with Crippen LogP contribution in [-0.2, 0) is 13.0 Å². The standard InChI is InChI=1S/C22H32N4O2S/c1-6-17-9-7-8-10-18(17)25-22(28)26(12-16(4)5)13-20-24-19(14-29-20)21(27)23-11-15(2)3/h7-10,14-16H,6,11-13H2,1-5H3,(H,23,27)(H,25,28). The van der Waals surface area contributed by atoms with E-state index < -0.39 is 0 Å². The number of nitrogens with zero attached hydrogens (tertiary/aromatic N) is 2. The van der Waals surface area contributed by atoms with Crippen molar-refractivity contribution in [2.24, 2.45) is 11.8 Å². The molecule has 2 rings (SSSR count). The van der Waals surface area contributed by atoms with E-state index in [0.717, 1.165) is 22.7 Å². The van der Waals surface area contributed by atoms with Gasteiger partial charge in [-0.25, -0.2) is 9.78 Å². The number of benzene rings is 1. The Kier molecular flexibility index (Phi) is 8.64. The fraction of sp³-hybridized carbons (Fsp3) is 0.500. The number of anilines is 1. The van der Waals surface area contributed by atoms with Gasteiger partial charge in [-0.05, 0) is 29.9 Å². The summed E-state index contributed by atoms with van der Waals surface area (Å²) in [5, 5.41) is 8.41. The molecule has 0 spiro atoms. The number of urea groups is 1. The highest BCUT2D eigenvalue weighted by molar-refractivity contribution is 7.09. The predicted octanol–water partition coefficient (Wildman–Crippen LogP) is 4.78. The second-order valence-corrected chi connectivity index (χ2v) is 8.89. The number of para-hydroxylation sites is 1. The highest BCUT2D eigenvalue weighted by atomic mass is 32.1. The van der Waals surface area contributed by atoms with Crippen LogP contribution in [0.25, 0.3) is 0 Å². The van der Waals surface area contributed by atoms with Crippen LogP contribution in [0.2, 0.25) is 0 Å². The van der Waals surface area contributed by atoms with Crippen LogP contribution in [0.5, 0.6) is 0 Å². The minimum atomic E-state index is -0.169. The molecule has 6 nitrogen and oxygen atoms in total. The zero-order valence-corrected chi connectivity index (χ0v) is 18.8. The molecule has 0 radical (unpaired) electrons. The number of carbonyl (C=O) groups is 2. The minimum absolute atomic E-state index is 0.152. The molecule has 2 aromatic rings. The maximum absolute atomic E-state index is 13.0. The fourth-order valence-corrected chi connectivity index (χ4v) is 3.63. The quantitative estimate of drug-likeness (QED) is 0.618. The summed E-state index contributed by atoms with van der Waals surface area (Å²) in [6, 6.07) is 7.68. The molecule has 0 atom stereocenters. The van der Waals surface area contributed by atoms with Gasteiger partial charge in [-0.15, -0.1) is 11.3 Å². The number of aryl methyl sites for hydroxylation is 1. The van der Waals surface area contributed by atoms with Gasteiger partial charge in [-0.2, -0.15) is 0 Å². The third kappa shape index (κ3) is 7.16. The number of nitrogens with one attached hydrogen (secondary N) is 2. The van der Waals surface area contributed by atoms with Gasteiger partial charge in [0.2, 0.25) is 0 Å². The number of aromatic nitrogens is 1.